The summed E-state index contributed by atoms with van der Waals surface area (Å²) in [6.07, 6.45) is 21.7. The Hall–Kier alpha value is -0.240. The van der Waals surface area contributed by atoms with Crippen LogP contribution in [-0.4, -0.2) is 90.3 Å². The zero-order valence-electron chi connectivity index (χ0n) is 25.9. The van der Waals surface area contributed by atoms with E-state index in [4.69, 9.17) is 18.9 Å². The van der Waals surface area contributed by atoms with Gasteiger partial charge in [0, 0.05) is 6.61 Å². The van der Waals surface area contributed by atoms with Crippen molar-refractivity contribution in [2.24, 2.45) is 0 Å². The van der Waals surface area contributed by atoms with Gasteiger partial charge in [-0.25, -0.2) is 0 Å². The van der Waals surface area contributed by atoms with Crippen molar-refractivity contribution in [2.45, 2.75) is 123 Å². The maximum atomic E-state index is 11.3. The van der Waals surface area contributed by atoms with Crippen LogP contribution in [0.4, 0.5) is 0 Å². The smallest absolute Gasteiger partial charge is 0.155 e. The van der Waals surface area contributed by atoms with E-state index in [1.807, 2.05) is 0 Å². The number of quaternary nitrogens is 1. The number of Topliss-reactive ketones (excluding diaryl/α,β-unsaturated/α-hetero) is 1. The minimum atomic E-state index is -0.212. The van der Waals surface area contributed by atoms with Crippen molar-refractivity contribution in [3.63, 3.8) is 0 Å². The third kappa shape index (κ3) is 33.8. The van der Waals surface area contributed by atoms with Crippen LogP contribution in [0.1, 0.15) is 117 Å². The minimum absolute atomic E-state index is 0. The van der Waals surface area contributed by atoms with Gasteiger partial charge < -0.3 is 35.8 Å². The largest absolute Gasteiger partial charge is 1.00 e. The van der Waals surface area contributed by atoms with Gasteiger partial charge in [-0.3, -0.25) is 4.79 Å². The van der Waals surface area contributed by atoms with Crippen molar-refractivity contribution in [3.05, 3.63) is 0 Å². The van der Waals surface area contributed by atoms with E-state index >= 15 is 0 Å². The molecular weight excluding hydrogens is 502 g/mol. The monoisotopic (exact) mass is 565 g/mol. The van der Waals surface area contributed by atoms with Gasteiger partial charge in [-0.2, -0.15) is 0 Å². The van der Waals surface area contributed by atoms with Crippen LogP contribution in [-0.2, 0) is 23.7 Å². The quantitative estimate of drug-likeness (QED) is 0.0974. The SMILES string of the molecule is CCCCCCCCCCCCCCCCCCOCC(COCCOCC[N+](C)(C)C)OCC(C)=O.[Cl-]. The Morgan fingerprint density at radius 1 is 0.605 bits per heavy atom. The molecule has 0 N–H and O–H groups in total. The first-order valence-electron chi connectivity index (χ1n) is 15.5. The highest BCUT2D eigenvalue weighted by Gasteiger charge is 2.12. The van der Waals surface area contributed by atoms with E-state index in [9.17, 15) is 4.79 Å². The summed E-state index contributed by atoms with van der Waals surface area (Å²) in [7, 11) is 6.45. The van der Waals surface area contributed by atoms with E-state index in [1.165, 1.54) is 103 Å². The molecule has 0 heterocycles. The number of ether oxygens (including phenoxy) is 4. The minimum Gasteiger partial charge on any atom is -1.00 e. The molecule has 0 spiro atoms. The molecule has 1 atom stereocenters. The molecule has 0 aromatic carbocycles. The molecule has 0 fully saturated rings. The highest BCUT2D eigenvalue weighted by atomic mass is 35.5. The van der Waals surface area contributed by atoms with Crippen molar-refractivity contribution >= 4 is 5.78 Å². The fourth-order valence-electron chi connectivity index (χ4n) is 4.12. The lowest BCUT2D eigenvalue weighted by molar-refractivity contribution is -0.870. The summed E-state index contributed by atoms with van der Waals surface area (Å²) in [5, 5.41) is 0. The molecule has 0 aliphatic heterocycles. The molecule has 0 saturated heterocycles. The van der Waals surface area contributed by atoms with Crippen LogP contribution >= 0.6 is 0 Å². The van der Waals surface area contributed by atoms with E-state index in [0.29, 0.717) is 26.4 Å². The van der Waals surface area contributed by atoms with Gasteiger partial charge in [0.05, 0.1) is 54.2 Å². The number of hydrogen-bond acceptors (Lipinski definition) is 5. The summed E-state index contributed by atoms with van der Waals surface area (Å²) in [6.45, 7) is 8.35. The molecule has 0 aromatic rings. The predicted octanol–water partition coefficient (Wildman–Crippen LogP) is 3.98. The lowest BCUT2D eigenvalue weighted by atomic mass is 10.0. The van der Waals surface area contributed by atoms with E-state index in [-0.39, 0.29) is 30.9 Å². The fourth-order valence-corrected chi connectivity index (χ4v) is 4.12. The van der Waals surface area contributed by atoms with E-state index in [0.717, 1.165) is 30.7 Å². The number of carbonyl (C=O) groups is 1. The van der Waals surface area contributed by atoms with Gasteiger partial charge >= 0.3 is 0 Å². The van der Waals surface area contributed by atoms with Crippen LogP contribution in [0.25, 0.3) is 0 Å². The maximum absolute atomic E-state index is 11.3. The van der Waals surface area contributed by atoms with Crippen LogP contribution < -0.4 is 12.4 Å². The second-order valence-corrected chi connectivity index (χ2v) is 11.7. The molecule has 0 aliphatic rings. The van der Waals surface area contributed by atoms with Gasteiger partial charge in [0.2, 0.25) is 0 Å². The number of ketones is 1. The first kappa shape index (κ1) is 39.9. The Morgan fingerprint density at radius 3 is 1.47 bits per heavy atom. The first-order chi connectivity index (χ1) is 17.8. The van der Waals surface area contributed by atoms with Gasteiger partial charge in [-0.15, -0.1) is 0 Å². The molecule has 0 bridgehead atoms. The molecule has 230 valence electrons. The van der Waals surface area contributed by atoms with Gasteiger partial charge in [0.15, 0.2) is 5.78 Å². The number of unbranched alkanes of at least 4 members (excludes halogenated alkanes) is 15. The van der Waals surface area contributed by atoms with E-state index in [2.05, 4.69) is 28.1 Å². The molecule has 7 heteroatoms. The summed E-state index contributed by atoms with van der Waals surface area (Å²) in [5.74, 6) is 0.0199. The molecule has 6 nitrogen and oxygen atoms in total. The number of nitrogens with zero attached hydrogens (tertiary/aromatic N) is 1. The number of hydrogen-bond donors (Lipinski definition) is 0. The van der Waals surface area contributed by atoms with Crippen molar-refractivity contribution in [3.8, 4) is 0 Å². The van der Waals surface area contributed by atoms with E-state index in [1.54, 1.807) is 0 Å². The highest BCUT2D eigenvalue weighted by Crippen LogP contribution is 2.13. The number of carbonyl (C=O) groups excluding carboxylic acids is 1. The molecule has 1 unspecified atom stereocenters. The zero-order chi connectivity index (χ0) is 27.5. The van der Waals surface area contributed by atoms with Gasteiger partial charge in [-0.1, -0.05) is 103 Å². The molecule has 0 radical (unpaired) electrons. The number of likely N-dealkylation sites (N-methyl/N-ethyl adjacent to an activating group) is 1. The molecule has 0 aromatic heterocycles. The highest BCUT2D eigenvalue weighted by molar-refractivity contribution is 5.76. The molecular formula is C31H64ClNO5. The summed E-state index contributed by atoms with van der Waals surface area (Å²) in [6, 6.07) is 0. The van der Waals surface area contributed by atoms with E-state index < -0.39 is 0 Å². The standard InChI is InChI=1S/C31H64NO5.ClH/c1-6-7-8-9-10-11-12-13-14-15-16-17-18-19-20-21-23-35-28-31(37-27-30(2)33)29-36-26-25-34-24-22-32(3,4)5;/h31H,6-29H2,1-5H3;1H/q+1;/p-1. The topological polar surface area (TPSA) is 54.0 Å². The maximum Gasteiger partial charge on any atom is 0.155 e. The van der Waals surface area contributed by atoms with Gasteiger partial charge in [0.1, 0.15) is 19.3 Å². The third-order valence-corrected chi connectivity index (χ3v) is 6.55. The lowest BCUT2D eigenvalue weighted by Gasteiger charge is -2.23. The van der Waals surface area contributed by atoms with Crippen LogP contribution in [0.5, 0.6) is 0 Å². The normalized spacial score (nSPS) is 12.4. The molecule has 38 heavy (non-hydrogen) atoms. The van der Waals surface area contributed by atoms with Crippen molar-refractivity contribution in [2.75, 3.05) is 73.9 Å². The molecule has 0 rings (SSSR count). The van der Waals surface area contributed by atoms with Crippen LogP contribution in [0, 0.1) is 0 Å². The van der Waals surface area contributed by atoms with Crippen LogP contribution in [0.2, 0.25) is 0 Å². The second-order valence-electron chi connectivity index (χ2n) is 11.7. The van der Waals surface area contributed by atoms with Crippen molar-refractivity contribution in [1.82, 2.24) is 0 Å². The molecule has 0 aliphatic carbocycles. The Balaban J connectivity index is 0. The Kier molecular flexibility index (Phi) is 31.2. The average molecular weight is 566 g/mol. The summed E-state index contributed by atoms with van der Waals surface area (Å²) < 4.78 is 23.7. The summed E-state index contributed by atoms with van der Waals surface area (Å²) in [4.78, 5) is 11.3. The van der Waals surface area contributed by atoms with Gasteiger partial charge in [0.25, 0.3) is 0 Å². The summed E-state index contributed by atoms with van der Waals surface area (Å²) in [5.41, 5.74) is 0. The Morgan fingerprint density at radius 2 is 1.03 bits per heavy atom. The number of halogens is 1. The third-order valence-electron chi connectivity index (χ3n) is 6.55. The average Bonchev–Trinajstić information content (AvgIpc) is 2.84. The molecule has 0 saturated carbocycles. The fraction of sp³-hybridized carbons (Fsp3) is 0.968. The molecule has 0 amide bonds. The van der Waals surface area contributed by atoms with Gasteiger partial charge in [-0.05, 0) is 13.3 Å². The van der Waals surface area contributed by atoms with Crippen molar-refractivity contribution in [1.29, 1.82) is 0 Å². The zero-order valence-corrected chi connectivity index (χ0v) is 26.7. The first-order valence-corrected chi connectivity index (χ1v) is 15.5. The Labute approximate surface area is 242 Å². The van der Waals surface area contributed by atoms with Crippen LogP contribution in [0.15, 0.2) is 0 Å². The Bertz CT molecular complexity index is 487. The summed E-state index contributed by atoms with van der Waals surface area (Å²) >= 11 is 0. The lowest BCUT2D eigenvalue weighted by Crippen LogP contribution is -3.00. The van der Waals surface area contributed by atoms with Crippen molar-refractivity contribution < 1.29 is 40.6 Å². The number of rotatable bonds is 30. The predicted molar refractivity (Wildman–Crippen MR) is 155 cm³/mol. The second kappa shape index (κ2) is 29.7. The van der Waals surface area contributed by atoms with Crippen LogP contribution in [0.3, 0.4) is 0 Å².